The zero-order chi connectivity index (χ0) is 25.8. The number of benzene rings is 1. The first-order chi connectivity index (χ1) is 16.5. The lowest BCUT2D eigenvalue weighted by molar-refractivity contribution is -0.145. The van der Waals surface area contributed by atoms with Crippen molar-refractivity contribution in [3.8, 4) is 6.07 Å². The monoisotopic (exact) mass is 507 g/mol. The van der Waals surface area contributed by atoms with E-state index in [-0.39, 0.29) is 18.9 Å². The van der Waals surface area contributed by atoms with Crippen LogP contribution < -0.4 is 16.0 Å². The van der Waals surface area contributed by atoms with Gasteiger partial charge >= 0.3 is 0 Å². The molecule has 35 heavy (non-hydrogen) atoms. The average Bonchev–Trinajstić information content (AvgIpc) is 2.82. The molecule has 8 nitrogen and oxygen atoms in total. The molecule has 3 atom stereocenters. The minimum atomic E-state index is -3.35. The van der Waals surface area contributed by atoms with Gasteiger partial charge in [0.05, 0.1) is 12.6 Å². The van der Waals surface area contributed by atoms with Crippen LogP contribution in [0.5, 0.6) is 0 Å². The second kappa shape index (κ2) is 11.0. The molecule has 188 valence electrons. The number of anilines is 1. The smallest absolute Gasteiger partial charge is 0.273 e. The molecule has 2 heterocycles. The molecule has 2 fully saturated rings. The van der Waals surface area contributed by atoms with E-state index in [1.165, 1.54) is 0 Å². The number of amides is 3. The molecule has 2 saturated heterocycles. The number of hydrogen-bond donors (Lipinski definition) is 3. The number of hydrogen-bond acceptors (Lipinski definition) is 5. The van der Waals surface area contributed by atoms with Crippen molar-refractivity contribution < 1.29 is 23.2 Å². The van der Waals surface area contributed by atoms with Crippen molar-refractivity contribution in [2.24, 2.45) is 5.92 Å². The topological polar surface area (TPSA) is 114 Å². The summed E-state index contributed by atoms with van der Waals surface area (Å²) in [5.41, 5.74) is 0.849. The summed E-state index contributed by atoms with van der Waals surface area (Å²) in [6.45, 7) is 4.96. The van der Waals surface area contributed by atoms with E-state index in [9.17, 15) is 28.4 Å². The highest BCUT2D eigenvalue weighted by Gasteiger charge is 2.48. The molecule has 2 aliphatic rings. The van der Waals surface area contributed by atoms with Gasteiger partial charge in [-0.1, -0.05) is 24.2 Å². The van der Waals surface area contributed by atoms with Crippen molar-refractivity contribution in [3.63, 3.8) is 0 Å². The average molecular weight is 508 g/mol. The molecular formula is C24H28ClF2N5O3. The SMILES string of the molecule is C=C1CN(C(=O)CNc2cccc(Cl)c2C)[C@H](C(=O)N[C@H](C#N)C[C@@H]2CCCNC2=O)CC1(F)F. The molecule has 3 N–H and O–H groups in total. The van der Waals surface area contributed by atoms with Crippen LogP contribution in [0.2, 0.25) is 5.02 Å². The van der Waals surface area contributed by atoms with E-state index in [0.717, 1.165) is 16.9 Å². The van der Waals surface area contributed by atoms with Crippen LogP contribution in [0.3, 0.4) is 0 Å². The van der Waals surface area contributed by atoms with Gasteiger partial charge in [0.25, 0.3) is 5.92 Å². The fourth-order valence-electron chi connectivity index (χ4n) is 4.25. The number of nitrogens with one attached hydrogen (secondary N) is 3. The number of carbonyl (C=O) groups is 3. The molecule has 0 bridgehead atoms. The third-order valence-corrected chi connectivity index (χ3v) is 6.83. The second-order valence-electron chi connectivity index (χ2n) is 8.87. The molecule has 0 saturated carbocycles. The summed E-state index contributed by atoms with van der Waals surface area (Å²) in [5.74, 6) is -5.45. The predicted molar refractivity (Wildman–Crippen MR) is 127 cm³/mol. The van der Waals surface area contributed by atoms with E-state index in [1.807, 2.05) is 6.07 Å². The van der Waals surface area contributed by atoms with Gasteiger partial charge in [-0.15, -0.1) is 0 Å². The maximum absolute atomic E-state index is 14.5. The third kappa shape index (κ3) is 6.28. The Kier molecular flexibility index (Phi) is 8.33. The molecule has 3 amide bonds. The van der Waals surface area contributed by atoms with Crippen LogP contribution >= 0.6 is 11.6 Å². The standard InChI is InChI=1S/C24H28ClF2N5O3/c1-14-13-32(21(33)12-30-19-7-3-6-18(25)15(19)2)20(10-24(14,26)27)23(35)31-17(11-28)9-16-5-4-8-29-22(16)34/h3,6-7,16-17,20,30H,1,4-5,8-10,12-13H2,2H3,(H,29,34)(H,31,35)/t16-,17-,20-/m0/s1. The zero-order valence-corrected chi connectivity index (χ0v) is 20.1. The molecule has 0 radical (unpaired) electrons. The minimum Gasteiger partial charge on any atom is -0.376 e. The summed E-state index contributed by atoms with van der Waals surface area (Å²) >= 11 is 6.10. The van der Waals surface area contributed by atoms with E-state index in [0.29, 0.717) is 23.7 Å². The van der Waals surface area contributed by atoms with E-state index in [1.54, 1.807) is 25.1 Å². The summed E-state index contributed by atoms with van der Waals surface area (Å²) in [6, 6.07) is 4.50. The summed E-state index contributed by atoms with van der Waals surface area (Å²) in [7, 11) is 0. The van der Waals surface area contributed by atoms with Gasteiger partial charge in [-0.25, -0.2) is 8.78 Å². The number of alkyl halides is 2. The Balaban J connectivity index is 1.71. The van der Waals surface area contributed by atoms with E-state index in [2.05, 4.69) is 22.5 Å². The highest BCUT2D eigenvalue weighted by atomic mass is 35.5. The van der Waals surface area contributed by atoms with Crippen molar-refractivity contribution >= 4 is 35.0 Å². The van der Waals surface area contributed by atoms with Crippen molar-refractivity contribution in [2.75, 3.05) is 25.0 Å². The molecule has 0 aliphatic carbocycles. The van der Waals surface area contributed by atoms with Crippen molar-refractivity contribution in [3.05, 3.63) is 40.9 Å². The van der Waals surface area contributed by atoms with Gasteiger partial charge in [-0.2, -0.15) is 5.26 Å². The molecule has 3 rings (SSSR count). The lowest BCUT2D eigenvalue weighted by Crippen LogP contribution is -2.59. The summed E-state index contributed by atoms with van der Waals surface area (Å²) < 4.78 is 28.9. The Morgan fingerprint density at radius 3 is 2.86 bits per heavy atom. The van der Waals surface area contributed by atoms with Crippen LogP contribution in [0.15, 0.2) is 30.4 Å². The minimum absolute atomic E-state index is 0.0629. The molecule has 2 aliphatic heterocycles. The van der Waals surface area contributed by atoms with Crippen LogP contribution in [0.4, 0.5) is 14.5 Å². The number of halogens is 3. The van der Waals surface area contributed by atoms with Gasteiger partial charge in [0.2, 0.25) is 17.7 Å². The van der Waals surface area contributed by atoms with Crippen LogP contribution in [-0.4, -0.2) is 60.3 Å². The molecule has 0 spiro atoms. The van der Waals surface area contributed by atoms with E-state index < -0.39 is 54.3 Å². The van der Waals surface area contributed by atoms with Crippen LogP contribution in [0, 0.1) is 24.2 Å². The van der Waals surface area contributed by atoms with Crippen molar-refractivity contribution in [2.45, 2.75) is 50.6 Å². The fourth-order valence-corrected chi connectivity index (χ4v) is 4.43. The second-order valence-corrected chi connectivity index (χ2v) is 9.28. The fraction of sp³-hybridized carbons (Fsp3) is 0.500. The van der Waals surface area contributed by atoms with E-state index >= 15 is 0 Å². The quantitative estimate of drug-likeness (QED) is 0.491. The van der Waals surface area contributed by atoms with Gasteiger partial charge in [0.1, 0.15) is 12.1 Å². The largest absolute Gasteiger partial charge is 0.376 e. The van der Waals surface area contributed by atoms with Gasteiger partial charge in [-0.05, 0) is 43.9 Å². The first-order valence-corrected chi connectivity index (χ1v) is 11.7. The number of piperidine rings is 2. The van der Waals surface area contributed by atoms with Crippen molar-refractivity contribution in [1.82, 2.24) is 15.5 Å². The van der Waals surface area contributed by atoms with Gasteiger partial charge in [0.15, 0.2) is 0 Å². The Morgan fingerprint density at radius 2 is 2.17 bits per heavy atom. The van der Waals surface area contributed by atoms with Gasteiger partial charge in [0, 0.05) is 41.7 Å². The molecule has 11 heteroatoms. The Morgan fingerprint density at radius 1 is 1.43 bits per heavy atom. The van der Waals surface area contributed by atoms with Crippen molar-refractivity contribution in [1.29, 1.82) is 5.26 Å². The molecule has 0 unspecified atom stereocenters. The Labute approximate surface area is 207 Å². The van der Waals surface area contributed by atoms with Crippen LogP contribution in [0.1, 0.15) is 31.2 Å². The first-order valence-electron chi connectivity index (χ1n) is 11.4. The summed E-state index contributed by atoms with van der Waals surface area (Å²) in [5, 5.41) is 18.1. The molecule has 1 aromatic carbocycles. The highest BCUT2D eigenvalue weighted by molar-refractivity contribution is 6.31. The molecule has 1 aromatic rings. The molecular weight excluding hydrogens is 480 g/mol. The van der Waals surface area contributed by atoms with Crippen LogP contribution in [0.25, 0.3) is 0 Å². The molecule has 0 aromatic heterocycles. The van der Waals surface area contributed by atoms with E-state index in [4.69, 9.17) is 11.6 Å². The number of carbonyl (C=O) groups excluding carboxylic acids is 3. The number of nitriles is 1. The number of likely N-dealkylation sites (tertiary alicyclic amines) is 1. The lowest BCUT2D eigenvalue weighted by atomic mass is 9.91. The Hall–Kier alpha value is -3.19. The van der Waals surface area contributed by atoms with Crippen LogP contribution in [-0.2, 0) is 14.4 Å². The van der Waals surface area contributed by atoms with Gasteiger partial charge < -0.3 is 20.9 Å². The number of nitrogens with zero attached hydrogens (tertiary/aromatic N) is 2. The predicted octanol–water partition coefficient (Wildman–Crippen LogP) is 2.78. The maximum Gasteiger partial charge on any atom is 0.273 e. The normalized spacial score (nSPS) is 22.5. The maximum atomic E-state index is 14.5. The number of rotatable bonds is 7. The summed E-state index contributed by atoms with van der Waals surface area (Å²) in [6.07, 6.45) is 0.441. The Bertz CT molecular complexity index is 1060. The lowest BCUT2D eigenvalue weighted by Gasteiger charge is -2.40. The van der Waals surface area contributed by atoms with Gasteiger partial charge in [-0.3, -0.25) is 14.4 Å². The third-order valence-electron chi connectivity index (χ3n) is 6.42. The zero-order valence-electron chi connectivity index (χ0n) is 19.4. The summed E-state index contributed by atoms with van der Waals surface area (Å²) in [4.78, 5) is 39.1. The first kappa shape index (κ1) is 26.4. The highest BCUT2D eigenvalue weighted by Crippen LogP contribution is 2.35.